The zero-order valence-corrected chi connectivity index (χ0v) is 15.1. The van der Waals surface area contributed by atoms with Crippen molar-refractivity contribution >= 4 is 17.5 Å². The highest BCUT2D eigenvalue weighted by atomic mass is 16.5. The minimum atomic E-state index is -0.171. The molecule has 0 aromatic heterocycles. The van der Waals surface area contributed by atoms with E-state index in [4.69, 9.17) is 4.74 Å². The second-order valence-electron chi connectivity index (χ2n) is 5.81. The first kappa shape index (κ1) is 20.0. The van der Waals surface area contributed by atoms with E-state index >= 15 is 0 Å². The lowest BCUT2D eigenvalue weighted by molar-refractivity contribution is -0.123. The lowest BCUT2D eigenvalue weighted by atomic mass is 10.2. The summed E-state index contributed by atoms with van der Waals surface area (Å²) < 4.78 is 5.22. The van der Waals surface area contributed by atoms with Crippen LogP contribution in [0.15, 0.2) is 24.3 Å². The molecule has 2 amide bonds. The van der Waals surface area contributed by atoms with E-state index in [9.17, 15) is 9.59 Å². The van der Waals surface area contributed by atoms with Crippen molar-refractivity contribution in [1.29, 1.82) is 0 Å². The van der Waals surface area contributed by atoms with Gasteiger partial charge in [-0.05, 0) is 32.0 Å². The summed E-state index contributed by atoms with van der Waals surface area (Å²) in [7, 11) is 1.56. The molecular weight excluding hydrogens is 306 g/mol. The molecule has 0 saturated carbocycles. The number of carbonyl (C=O) groups is 2. The highest BCUT2D eigenvalue weighted by molar-refractivity contribution is 5.94. The minimum Gasteiger partial charge on any atom is -0.495 e. The molecule has 0 spiro atoms. The fourth-order valence-corrected chi connectivity index (χ4v) is 2.45. The van der Waals surface area contributed by atoms with Crippen LogP contribution in [0.25, 0.3) is 0 Å². The van der Waals surface area contributed by atoms with Gasteiger partial charge in [-0.3, -0.25) is 14.5 Å². The molecule has 1 atom stereocenters. The molecular formula is C18H29N3O3. The van der Waals surface area contributed by atoms with Crippen LogP contribution in [0.1, 0.15) is 33.6 Å². The number of methoxy groups -OCH3 is 1. The van der Waals surface area contributed by atoms with Gasteiger partial charge in [-0.2, -0.15) is 0 Å². The molecule has 24 heavy (non-hydrogen) atoms. The van der Waals surface area contributed by atoms with Crippen molar-refractivity contribution in [2.45, 2.75) is 39.7 Å². The number of hydrogen-bond acceptors (Lipinski definition) is 4. The van der Waals surface area contributed by atoms with E-state index in [1.165, 1.54) is 0 Å². The maximum absolute atomic E-state index is 12.2. The average molecular weight is 335 g/mol. The summed E-state index contributed by atoms with van der Waals surface area (Å²) in [6.45, 7) is 7.00. The van der Waals surface area contributed by atoms with Gasteiger partial charge in [0, 0.05) is 6.04 Å². The molecule has 1 unspecified atom stereocenters. The number of amides is 2. The molecule has 1 rings (SSSR count). The van der Waals surface area contributed by atoms with Crippen molar-refractivity contribution in [2.24, 2.45) is 0 Å². The van der Waals surface area contributed by atoms with Gasteiger partial charge in [-0.1, -0.05) is 32.4 Å². The summed E-state index contributed by atoms with van der Waals surface area (Å²) in [4.78, 5) is 26.1. The van der Waals surface area contributed by atoms with Gasteiger partial charge in [0.05, 0.1) is 25.9 Å². The molecule has 0 saturated heterocycles. The first-order valence-electron chi connectivity index (χ1n) is 8.44. The van der Waals surface area contributed by atoms with E-state index in [0.29, 0.717) is 18.0 Å². The Morgan fingerprint density at radius 2 is 1.83 bits per heavy atom. The highest BCUT2D eigenvalue weighted by Gasteiger charge is 2.15. The normalized spacial score (nSPS) is 11.9. The lowest BCUT2D eigenvalue weighted by Crippen LogP contribution is -2.43. The van der Waals surface area contributed by atoms with Crippen LogP contribution in [-0.2, 0) is 9.59 Å². The number of carbonyl (C=O) groups excluding carboxylic acids is 2. The number of nitrogens with zero attached hydrogens (tertiary/aromatic N) is 1. The lowest BCUT2D eigenvalue weighted by Gasteiger charge is -2.21. The van der Waals surface area contributed by atoms with Crippen LogP contribution in [0.3, 0.4) is 0 Å². The summed E-state index contributed by atoms with van der Waals surface area (Å²) >= 11 is 0. The number of hydrogen-bond donors (Lipinski definition) is 2. The minimum absolute atomic E-state index is 0.0529. The number of nitrogens with one attached hydrogen (secondary N) is 2. The monoisotopic (exact) mass is 335 g/mol. The Morgan fingerprint density at radius 3 is 2.46 bits per heavy atom. The Labute approximate surface area is 144 Å². The third-order valence-corrected chi connectivity index (χ3v) is 3.69. The van der Waals surface area contributed by atoms with Gasteiger partial charge < -0.3 is 15.4 Å². The SMILES string of the molecule is CCCC(C)NC(=O)CN(CC)CC(=O)Nc1ccccc1OC. The maximum atomic E-state index is 12.2. The topological polar surface area (TPSA) is 70.7 Å². The fourth-order valence-electron chi connectivity index (χ4n) is 2.45. The van der Waals surface area contributed by atoms with Crippen molar-refractivity contribution in [3.8, 4) is 5.75 Å². The smallest absolute Gasteiger partial charge is 0.238 e. The number of benzene rings is 1. The van der Waals surface area contributed by atoms with Gasteiger partial charge in [0.2, 0.25) is 11.8 Å². The van der Waals surface area contributed by atoms with Crippen LogP contribution >= 0.6 is 0 Å². The Kier molecular flexibility index (Phi) is 8.86. The summed E-state index contributed by atoms with van der Waals surface area (Å²) in [6, 6.07) is 7.40. The quantitative estimate of drug-likeness (QED) is 0.688. The van der Waals surface area contributed by atoms with Crippen molar-refractivity contribution in [1.82, 2.24) is 10.2 Å². The Bertz CT molecular complexity index is 534. The van der Waals surface area contributed by atoms with E-state index < -0.39 is 0 Å². The van der Waals surface area contributed by atoms with Gasteiger partial charge in [0.1, 0.15) is 5.75 Å². The van der Waals surface area contributed by atoms with Gasteiger partial charge in [0.25, 0.3) is 0 Å². The third-order valence-electron chi connectivity index (χ3n) is 3.69. The summed E-state index contributed by atoms with van der Waals surface area (Å²) in [5, 5.41) is 5.78. The number of likely N-dealkylation sites (N-methyl/N-ethyl adjacent to an activating group) is 1. The number of ether oxygens (including phenoxy) is 1. The van der Waals surface area contributed by atoms with E-state index in [-0.39, 0.29) is 30.9 Å². The first-order valence-corrected chi connectivity index (χ1v) is 8.44. The highest BCUT2D eigenvalue weighted by Crippen LogP contribution is 2.22. The molecule has 0 bridgehead atoms. The second kappa shape index (κ2) is 10.6. The van der Waals surface area contributed by atoms with E-state index in [0.717, 1.165) is 12.8 Å². The third kappa shape index (κ3) is 7.00. The van der Waals surface area contributed by atoms with Crippen LogP contribution in [0.5, 0.6) is 5.75 Å². The van der Waals surface area contributed by atoms with Crippen LogP contribution < -0.4 is 15.4 Å². The molecule has 2 N–H and O–H groups in total. The largest absolute Gasteiger partial charge is 0.495 e. The first-order chi connectivity index (χ1) is 11.5. The molecule has 0 aliphatic rings. The van der Waals surface area contributed by atoms with E-state index in [1.54, 1.807) is 24.1 Å². The summed E-state index contributed by atoms with van der Waals surface area (Å²) in [5.41, 5.74) is 0.627. The van der Waals surface area contributed by atoms with Crippen LogP contribution in [-0.4, -0.2) is 49.5 Å². The van der Waals surface area contributed by atoms with Crippen molar-refractivity contribution in [2.75, 3.05) is 32.1 Å². The fraction of sp³-hybridized carbons (Fsp3) is 0.556. The predicted molar refractivity (Wildman–Crippen MR) is 96.3 cm³/mol. The van der Waals surface area contributed by atoms with Crippen LogP contribution in [0, 0.1) is 0 Å². The number of para-hydroxylation sites is 2. The maximum Gasteiger partial charge on any atom is 0.238 e. The Balaban J connectivity index is 2.52. The molecule has 0 radical (unpaired) electrons. The molecule has 0 aliphatic carbocycles. The van der Waals surface area contributed by atoms with Crippen molar-refractivity contribution < 1.29 is 14.3 Å². The van der Waals surface area contributed by atoms with Crippen LogP contribution in [0.2, 0.25) is 0 Å². The molecule has 134 valence electrons. The van der Waals surface area contributed by atoms with Crippen LogP contribution in [0.4, 0.5) is 5.69 Å². The predicted octanol–water partition coefficient (Wildman–Crippen LogP) is 2.26. The molecule has 6 heteroatoms. The van der Waals surface area contributed by atoms with Crippen molar-refractivity contribution in [3.05, 3.63) is 24.3 Å². The molecule has 6 nitrogen and oxygen atoms in total. The Morgan fingerprint density at radius 1 is 1.17 bits per heavy atom. The zero-order valence-electron chi connectivity index (χ0n) is 15.1. The standard InChI is InChI=1S/C18H29N3O3/c1-5-9-14(3)19-17(22)12-21(6-2)13-18(23)20-15-10-7-8-11-16(15)24-4/h7-8,10-11,14H,5-6,9,12-13H2,1-4H3,(H,19,22)(H,20,23). The molecule has 1 aromatic carbocycles. The summed E-state index contributed by atoms with van der Waals surface area (Å²) in [6.07, 6.45) is 1.98. The van der Waals surface area contributed by atoms with Crippen molar-refractivity contribution in [3.63, 3.8) is 0 Å². The van der Waals surface area contributed by atoms with E-state index in [2.05, 4.69) is 17.6 Å². The average Bonchev–Trinajstić information content (AvgIpc) is 2.54. The van der Waals surface area contributed by atoms with Gasteiger partial charge in [0.15, 0.2) is 0 Å². The molecule has 1 aromatic rings. The summed E-state index contributed by atoms with van der Waals surface area (Å²) in [5.74, 6) is 0.388. The second-order valence-corrected chi connectivity index (χ2v) is 5.81. The molecule has 0 fully saturated rings. The zero-order chi connectivity index (χ0) is 17.9. The Hall–Kier alpha value is -2.08. The van der Waals surface area contributed by atoms with Gasteiger partial charge in [-0.15, -0.1) is 0 Å². The van der Waals surface area contributed by atoms with E-state index in [1.807, 2.05) is 26.0 Å². The molecule has 0 heterocycles. The number of anilines is 1. The molecule has 0 aliphatic heterocycles. The van der Waals surface area contributed by atoms with Gasteiger partial charge in [-0.25, -0.2) is 0 Å². The number of rotatable bonds is 10. The van der Waals surface area contributed by atoms with Gasteiger partial charge >= 0.3 is 0 Å².